The van der Waals surface area contributed by atoms with Gasteiger partial charge in [0.2, 0.25) is 0 Å². The summed E-state index contributed by atoms with van der Waals surface area (Å²) in [5.74, 6) is -0.243. The molecular weight excluding hydrogens is 132 g/mol. The molecule has 1 saturated heterocycles. The van der Waals surface area contributed by atoms with Gasteiger partial charge >= 0.3 is 5.97 Å². The molecule has 1 atom stereocenters. The van der Waals surface area contributed by atoms with Crippen LogP contribution in [0.25, 0.3) is 0 Å². The molecule has 0 aromatic rings. The Labute approximate surface area is 60.3 Å². The number of ether oxygens (including phenoxy) is 2. The predicted octanol–water partition coefficient (Wildman–Crippen LogP) is 0.584. The molecule has 1 aliphatic rings. The van der Waals surface area contributed by atoms with Crippen LogP contribution < -0.4 is 0 Å². The summed E-state index contributed by atoms with van der Waals surface area (Å²) < 4.78 is 9.77. The molecule has 3 heteroatoms. The van der Waals surface area contributed by atoms with Gasteiger partial charge in [-0.05, 0) is 0 Å². The lowest BCUT2D eigenvalue weighted by molar-refractivity contribution is -0.146. The summed E-state index contributed by atoms with van der Waals surface area (Å²) in [6.07, 6.45) is -0.382. The monoisotopic (exact) mass is 144 g/mol. The molecule has 0 N–H and O–H groups in total. The van der Waals surface area contributed by atoms with Gasteiger partial charge in [-0.3, -0.25) is 0 Å². The van der Waals surface area contributed by atoms with Crippen molar-refractivity contribution in [1.82, 2.24) is 0 Å². The highest BCUT2D eigenvalue weighted by Gasteiger charge is 2.43. The number of cyclic esters (lactones) is 1. The third-order valence-electron chi connectivity index (χ3n) is 1.75. The maximum Gasteiger partial charge on any atom is 0.335 e. The van der Waals surface area contributed by atoms with Gasteiger partial charge in [0.05, 0.1) is 6.61 Å². The van der Waals surface area contributed by atoms with Gasteiger partial charge in [0.15, 0.2) is 6.10 Å². The Hall–Kier alpha value is -0.570. The zero-order chi connectivity index (χ0) is 7.78. The first-order valence-electron chi connectivity index (χ1n) is 3.27. The molecule has 1 unspecified atom stereocenters. The van der Waals surface area contributed by atoms with E-state index >= 15 is 0 Å². The maximum absolute atomic E-state index is 10.9. The number of carbonyl (C=O) groups excluding carboxylic acids is 1. The summed E-state index contributed by atoms with van der Waals surface area (Å²) >= 11 is 0. The van der Waals surface area contributed by atoms with Gasteiger partial charge in [0, 0.05) is 12.5 Å². The lowest BCUT2D eigenvalue weighted by atomic mass is 9.90. The fraction of sp³-hybridized carbons (Fsp3) is 0.857. The van der Waals surface area contributed by atoms with Crippen molar-refractivity contribution >= 4 is 5.97 Å². The first kappa shape index (κ1) is 7.54. The van der Waals surface area contributed by atoms with Crippen molar-refractivity contribution in [3.63, 3.8) is 0 Å². The molecule has 1 heterocycles. The second kappa shape index (κ2) is 2.23. The van der Waals surface area contributed by atoms with E-state index in [0.717, 1.165) is 0 Å². The summed E-state index contributed by atoms with van der Waals surface area (Å²) in [4.78, 5) is 10.9. The van der Waals surface area contributed by atoms with Crippen molar-refractivity contribution < 1.29 is 14.3 Å². The van der Waals surface area contributed by atoms with Crippen molar-refractivity contribution in [3.8, 4) is 0 Å². The highest BCUT2D eigenvalue weighted by atomic mass is 16.6. The molecule has 3 nitrogen and oxygen atoms in total. The summed E-state index contributed by atoms with van der Waals surface area (Å²) in [5, 5.41) is 0. The molecule has 0 radical (unpaired) electrons. The molecule has 0 aromatic heterocycles. The quantitative estimate of drug-likeness (QED) is 0.505. The SMILES string of the molecule is COC1C(=O)OCC1(C)C. The van der Waals surface area contributed by atoms with Crippen molar-refractivity contribution in [2.75, 3.05) is 13.7 Å². The number of rotatable bonds is 1. The summed E-state index contributed by atoms with van der Waals surface area (Å²) in [7, 11) is 1.53. The third-order valence-corrected chi connectivity index (χ3v) is 1.75. The average molecular weight is 144 g/mol. The largest absolute Gasteiger partial charge is 0.463 e. The Kier molecular flexibility index (Phi) is 1.68. The number of esters is 1. The van der Waals surface area contributed by atoms with Crippen LogP contribution in [-0.4, -0.2) is 25.8 Å². The van der Waals surface area contributed by atoms with E-state index in [-0.39, 0.29) is 17.5 Å². The van der Waals surface area contributed by atoms with Crippen LogP contribution in [0.1, 0.15) is 13.8 Å². The van der Waals surface area contributed by atoms with Crippen LogP contribution in [0.4, 0.5) is 0 Å². The van der Waals surface area contributed by atoms with Crippen molar-refractivity contribution in [2.45, 2.75) is 20.0 Å². The van der Waals surface area contributed by atoms with Crippen LogP contribution >= 0.6 is 0 Å². The molecular formula is C7H12O3. The minimum absolute atomic E-state index is 0.161. The molecule has 1 aliphatic heterocycles. The molecule has 0 aromatic carbocycles. The van der Waals surface area contributed by atoms with Crippen LogP contribution in [0, 0.1) is 5.41 Å². The van der Waals surface area contributed by atoms with E-state index in [1.54, 1.807) is 0 Å². The Bertz CT molecular complexity index is 151. The minimum atomic E-state index is -0.382. The first-order valence-corrected chi connectivity index (χ1v) is 3.27. The zero-order valence-corrected chi connectivity index (χ0v) is 6.51. The minimum Gasteiger partial charge on any atom is -0.463 e. The van der Waals surface area contributed by atoms with E-state index in [2.05, 4.69) is 0 Å². The van der Waals surface area contributed by atoms with Gasteiger partial charge in [-0.2, -0.15) is 0 Å². The maximum atomic E-state index is 10.9. The van der Waals surface area contributed by atoms with Crippen molar-refractivity contribution in [3.05, 3.63) is 0 Å². The normalized spacial score (nSPS) is 30.3. The lowest BCUT2D eigenvalue weighted by Gasteiger charge is -2.19. The number of hydrogen-bond acceptors (Lipinski definition) is 3. The van der Waals surface area contributed by atoms with Crippen LogP contribution in [0.3, 0.4) is 0 Å². The zero-order valence-electron chi connectivity index (χ0n) is 6.51. The van der Waals surface area contributed by atoms with E-state index in [0.29, 0.717) is 6.61 Å². The molecule has 10 heavy (non-hydrogen) atoms. The van der Waals surface area contributed by atoms with Crippen LogP contribution in [-0.2, 0) is 14.3 Å². The van der Waals surface area contributed by atoms with Gasteiger partial charge in [0.25, 0.3) is 0 Å². The molecule has 58 valence electrons. The molecule has 0 spiro atoms. The Morgan fingerprint density at radius 2 is 2.30 bits per heavy atom. The summed E-state index contributed by atoms with van der Waals surface area (Å²) in [5.41, 5.74) is -0.161. The third kappa shape index (κ3) is 1.01. The summed E-state index contributed by atoms with van der Waals surface area (Å²) in [6, 6.07) is 0. The smallest absolute Gasteiger partial charge is 0.335 e. The van der Waals surface area contributed by atoms with Gasteiger partial charge < -0.3 is 9.47 Å². The molecule has 1 fully saturated rings. The summed E-state index contributed by atoms with van der Waals surface area (Å²) in [6.45, 7) is 4.36. The Balaban J connectivity index is 2.73. The van der Waals surface area contributed by atoms with Gasteiger partial charge in [-0.25, -0.2) is 4.79 Å². The fourth-order valence-corrected chi connectivity index (χ4v) is 1.14. The molecule has 0 bridgehead atoms. The van der Waals surface area contributed by atoms with Crippen LogP contribution in [0.2, 0.25) is 0 Å². The average Bonchev–Trinajstić information content (AvgIpc) is 2.07. The predicted molar refractivity (Wildman–Crippen MR) is 35.5 cm³/mol. The standard InChI is InChI=1S/C7H12O3/c1-7(2)4-10-6(8)5(7)9-3/h5H,4H2,1-3H3. The van der Waals surface area contributed by atoms with Crippen molar-refractivity contribution in [1.29, 1.82) is 0 Å². The number of carbonyl (C=O) groups is 1. The van der Waals surface area contributed by atoms with E-state index in [4.69, 9.17) is 9.47 Å². The highest BCUT2D eigenvalue weighted by Crippen LogP contribution is 2.30. The van der Waals surface area contributed by atoms with Gasteiger partial charge in [-0.1, -0.05) is 13.8 Å². The molecule has 1 rings (SSSR count). The number of hydrogen-bond donors (Lipinski definition) is 0. The number of methoxy groups -OCH3 is 1. The second-order valence-corrected chi connectivity index (χ2v) is 3.21. The molecule has 0 saturated carbocycles. The van der Waals surface area contributed by atoms with Crippen LogP contribution in [0.5, 0.6) is 0 Å². The lowest BCUT2D eigenvalue weighted by Crippen LogP contribution is -2.31. The van der Waals surface area contributed by atoms with Gasteiger partial charge in [0.1, 0.15) is 0 Å². The van der Waals surface area contributed by atoms with E-state index in [1.807, 2.05) is 13.8 Å². The highest BCUT2D eigenvalue weighted by molar-refractivity contribution is 5.77. The fourth-order valence-electron chi connectivity index (χ4n) is 1.14. The first-order chi connectivity index (χ1) is 4.58. The van der Waals surface area contributed by atoms with Crippen molar-refractivity contribution in [2.24, 2.45) is 5.41 Å². The van der Waals surface area contributed by atoms with Crippen LogP contribution in [0.15, 0.2) is 0 Å². The Morgan fingerprint density at radius 3 is 2.50 bits per heavy atom. The Morgan fingerprint density at radius 1 is 1.70 bits per heavy atom. The molecule has 0 amide bonds. The van der Waals surface area contributed by atoms with E-state index < -0.39 is 0 Å². The van der Waals surface area contributed by atoms with Gasteiger partial charge in [-0.15, -0.1) is 0 Å². The van der Waals surface area contributed by atoms with E-state index in [9.17, 15) is 4.79 Å². The second-order valence-electron chi connectivity index (χ2n) is 3.21. The molecule has 0 aliphatic carbocycles. The van der Waals surface area contributed by atoms with E-state index in [1.165, 1.54) is 7.11 Å². The topological polar surface area (TPSA) is 35.5 Å².